The summed E-state index contributed by atoms with van der Waals surface area (Å²) < 4.78 is 5.45. The molecule has 2 aliphatic rings. The van der Waals surface area contributed by atoms with Crippen molar-refractivity contribution in [2.45, 2.75) is 19.3 Å². The number of para-hydroxylation sites is 2. The predicted octanol–water partition coefficient (Wildman–Crippen LogP) is 3.56. The number of hydrogen-bond acceptors (Lipinski definition) is 5. The number of carbonyl (C=O) groups excluding carboxylic acids is 1. The van der Waals surface area contributed by atoms with Crippen LogP contribution in [0.5, 0.6) is 0 Å². The van der Waals surface area contributed by atoms with Gasteiger partial charge in [0.1, 0.15) is 0 Å². The quantitative estimate of drug-likeness (QED) is 0.752. The van der Waals surface area contributed by atoms with Gasteiger partial charge in [-0.1, -0.05) is 12.1 Å². The second kappa shape index (κ2) is 9.65. The van der Waals surface area contributed by atoms with E-state index in [4.69, 9.17) is 4.74 Å². The van der Waals surface area contributed by atoms with Crippen molar-refractivity contribution in [2.75, 3.05) is 66.4 Å². The van der Waals surface area contributed by atoms with Gasteiger partial charge in [0.25, 0.3) is 0 Å². The van der Waals surface area contributed by atoms with Gasteiger partial charge >= 0.3 is 0 Å². The zero-order valence-electron chi connectivity index (χ0n) is 16.9. The van der Waals surface area contributed by atoms with Crippen LogP contribution in [0.1, 0.15) is 19.3 Å². The number of carbonyl (C=O) groups is 1. The molecular weight excluding hydrogens is 364 g/mol. The highest BCUT2D eigenvalue weighted by atomic mass is 16.5. The molecule has 0 spiro atoms. The number of morpholine rings is 1. The lowest BCUT2D eigenvalue weighted by atomic mass is 10.2. The zero-order valence-corrected chi connectivity index (χ0v) is 16.9. The van der Waals surface area contributed by atoms with Crippen LogP contribution in [0, 0.1) is 0 Å². The molecule has 6 heteroatoms. The van der Waals surface area contributed by atoms with Crippen molar-refractivity contribution < 1.29 is 9.53 Å². The first-order chi connectivity index (χ1) is 14.3. The Labute approximate surface area is 172 Å². The largest absolute Gasteiger partial charge is 0.383 e. The van der Waals surface area contributed by atoms with Gasteiger partial charge in [0.15, 0.2) is 0 Å². The fourth-order valence-electron chi connectivity index (χ4n) is 3.97. The Morgan fingerprint density at radius 2 is 1.62 bits per heavy atom. The first-order valence-corrected chi connectivity index (χ1v) is 10.6. The van der Waals surface area contributed by atoms with Crippen LogP contribution in [0.25, 0.3) is 0 Å². The Hall–Kier alpha value is -2.73. The van der Waals surface area contributed by atoms with Gasteiger partial charge in [-0.25, -0.2) is 0 Å². The van der Waals surface area contributed by atoms with Gasteiger partial charge < -0.3 is 25.2 Å². The first-order valence-electron chi connectivity index (χ1n) is 10.6. The molecule has 6 nitrogen and oxygen atoms in total. The summed E-state index contributed by atoms with van der Waals surface area (Å²) in [7, 11) is 0. The van der Waals surface area contributed by atoms with E-state index in [2.05, 4.69) is 50.8 Å². The van der Waals surface area contributed by atoms with Crippen LogP contribution in [0.3, 0.4) is 0 Å². The van der Waals surface area contributed by atoms with E-state index in [0.717, 1.165) is 50.8 Å². The number of rotatable bonds is 7. The Morgan fingerprint density at radius 1 is 0.897 bits per heavy atom. The SMILES string of the molecule is O=C(CCNc1ccccc1N1CCOCC1)Nc1ccc(N2CCCC2)cc1. The van der Waals surface area contributed by atoms with Gasteiger partial charge in [-0.3, -0.25) is 4.79 Å². The van der Waals surface area contributed by atoms with E-state index in [1.807, 2.05) is 18.2 Å². The van der Waals surface area contributed by atoms with Gasteiger partial charge in [-0.15, -0.1) is 0 Å². The van der Waals surface area contributed by atoms with Crippen molar-refractivity contribution in [2.24, 2.45) is 0 Å². The molecule has 0 atom stereocenters. The van der Waals surface area contributed by atoms with E-state index in [1.54, 1.807) is 0 Å². The number of nitrogens with zero attached hydrogens (tertiary/aromatic N) is 2. The van der Waals surface area contributed by atoms with E-state index in [-0.39, 0.29) is 5.91 Å². The molecule has 0 bridgehead atoms. The van der Waals surface area contributed by atoms with Gasteiger partial charge in [0, 0.05) is 50.5 Å². The summed E-state index contributed by atoms with van der Waals surface area (Å²) in [6.45, 7) is 6.16. The summed E-state index contributed by atoms with van der Waals surface area (Å²) in [5.41, 5.74) is 4.33. The molecule has 2 fully saturated rings. The fourth-order valence-corrected chi connectivity index (χ4v) is 3.97. The zero-order chi connectivity index (χ0) is 19.9. The van der Waals surface area contributed by atoms with Crippen molar-refractivity contribution in [1.29, 1.82) is 0 Å². The average molecular weight is 395 g/mol. The van der Waals surface area contributed by atoms with Crippen LogP contribution in [0.15, 0.2) is 48.5 Å². The van der Waals surface area contributed by atoms with E-state index >= 15 is 0 Å². The minimum absolute atomic E-state index is 0.0234. The summed E-state index contributed by atoms with van der Waals surface area (Å²) >= 11 is 0. The molecule has 0 aliphatic carbocycles. The highest BCUT2D eigenvalue weighted by molar-refractivity contribution is 5.91. The molecule has 2 aliphatic heterocycles. The number of nitrogens with one attached hydrogen (secondary N) is 2. The lowest BCUT2D eigenvalue weighted by Gasteiger charge is -2.30. The minimum Gasteiger partial charge on any atom is -0.383 e. The Bertz CT molecular complexity index is 797. The van der Waals surface area contributed by atoms with E-state index in [0.29, 0.717) is 13.0 Å². The topological polar surface area (TPSA) is 56.8 Å². The van der Waals surface area contributed by atoms with Gasteiger partial charge in [0.05, 0.1) is 24.6 Å². The molecule has 1 amide bonds. The molecule has 2 aromatic carbocycles. The Morgan fingerprint density at radius 3 is 2.38 bits per heavy atom. The first kappa shape index (κ1) is 19.6. The van der Waals surface area contributed by atoms with Crippen LogP contribution in [0.4, 0.5) is 22.7 Å². The van der Waals surface area contributed by atoms with E-state index < -0.39 is 0 Å². The van der Waals surface area contributed by atoms with Crippen LogP contribution >= 0.6 is 0 Å². The van der Waals surface area contributed by atoms with Crippen LogP contribution in [0.2, 0.25) is 0 Å². The highest BCUT2D eigenvalue weighted by Gasteiger charge is 2.15. The number of ether oxygens (including phenoxy) is 1. The van der Waals surface area contributed by atoms with Gasteiger partial charge in [0.2, 0.25) is 5.91 Å². The number of amides is 1. The molecule has 29 heavy (non-hydrogen) atoms. The molecule has 2 N–H and O–H groups in total. The van der Waals surface area contributed by atoms with E-state index in [9.17, 15) is 4.79 Å². The van der Waals surface area contributed by atoms with Gasteiger partial charge in [-0.05, 0) is 49.2 Å². The summed E-state index contributed by atoms with van der Waals surface area (Å²) in [6, 6.07) is 16.4. The van der Waals surface area contributed by atoms with Crippen molar-refractivity contribution in [3.8, 4) is 0 Å². The smallest absolute Gasteiger partial charge is 0.226 e. The number of benzene rings is 2. The minimum atomic E-state index is 0.0234. The normalized spacial score (nSPS) is 16.7. The summed E-state index contributed by atoms with van der Waals surface area (Å²) in [4.78, 5) is 17.1. The van der Waals surface area contributed by atoms with Gasteiger partial charge in [-0.2, -0.15) is 0 Å². The molecule has 0 saturated carbocycles. The van der Waals surface area contributed by atoms with Crippen LogP contribution in [-0.4, -0.2) is 51.8 Å². The Kier molecular flexibility index (Phi) is 6.52. The maximum Gasteiger partial charge on any atom is 0.226 e. The number of anilines is 4. The lowest BCUT2D eigenvalue weighted by molar-refractivity contribution is -0.115. The summed E-state index contributed by atoms with van der Waals surface area (Å²) in [5.74, 6) is 0.0234. The molecule has 0 unspecified atom stereocenters. The molecule has 0 aromatic heterocycles. The standard InChI is InChI=1S/C23H30N4O2/c28-23(25-19-7-9-20(10-8-19)26-13-3-4-14-26)11-12-24-21-5-1-2-6-22(21)27-15-17-29-18-16-27/h1-2,5-10,24H,3-4,11-18H2,(H,25,28). The molecule has 4 rings (SSSR count). The average Bonchev–Trinajstić information content (AvgIpc) is 3.30. The Balaban J connectivity index is 1.26. The molecular formula is C23H30N4O2. The summed E-state index contributed by atoms with van der Waals surface area (Å²) in [5, 5.41) is 6.42. The highest BCUT2D eigenvalue weighted by Crippen LogP contribution is 2.26. The maximum absolute atomic E-state index is 12.3. The molecule has 0 radical (unpaired) electrons. The van der Waals surface area contributed by atoms with Crippen molar-refractivity contribution in [1.82, 2.24) is 0 Å². The third-order valence-electron chi connectivity index (χ3n) is 5.55. The third kappa shape index (κ3) is 5.21. The lowest BCUT2D eigenvalue weighted by Crippen LogP contribution is -2.36. The summed E-state index contributed by atoms with van der Waals surface area (Å²) in [6.07, 6.45) is 2.95. The van der Waals surface area contributed by atoms with Crippen molar-refractivity contribution in [3.05, 3.63) is 48.5 Å². The van der Waals surface area contributed by atoms with E-state index in [1.165, 1.54) is 24.2 Å². The maximum atomic E-state index is 12.3. The monoisotopic (exact) mass is 394 g/mol. The molecule has 154 valence electrons. The molecule has 2 heterocycles. The van der Waals surface area contributed by atoms with Crippen LogP contribution in [-0.2, 0) is 9.53 Å². The van der Waals surface area contributed by atoms with Crippen molar-refractivity contribution in [3.63, 3.8) is 0 Å². The fraction of sp³-hybridized carbons (Fsp3) is 0.435. The van der Waals surface area contributed by atoms with Crippen molar-refractivity contribution >= 4 is 28.7 Å². The molecule has 2 aromatic rings. The van der Waals surface area contributed by atoms with Crippen LogP contribution < -0.4 is 20.4 Å². The second-order valence-corrected chi connectivity index (χ2v) is 7.58. The molecule has 2 saturated heterocycles. The predicted molar refractivity (Wildman–Crippen MR) is 119 cm³/mol. The number of hydrogen-bond donors (Lipinski definition) is 2. The second-order valence-electron chi connectivity index (χ2n) is 7.58. The third-order valence-corrected chi connectivity index (χ3v) is 5.55.